The molecule has 104 valence electrons. The fourth-order valence-corrected chi connectivity index (χ4v) is 2.58. The molecule has 1 saturated carbocycles. The summed E-state index contributed by atoms with van der Waals surface area (Å²) in [5.74, 6) is -0.819. The van der Waals surface area contributed by atoms with Gasteiger partial charge in [0, 0.05) is 12.6 Å². The largest absolute Gasteiger partial charge is 0.480 e. The summed E-state index contributed by atoms with van der Waals surface area (Å²) in [6.45, 7) is 3.48. The molecular formula is C15H22N2O2. The molecule has 19 heavy (non-hydrogen) atoms. The Morgan fingerprint density at radius 2 is 2.05 bits per heavy atom. The molecule has 0 amide bonds. The van der Waals surface area contributed by atoms with Gasteiger partial charge >= 0.3 is 5.97 Å². The van der Waals surface area contributed by atoms with Crippen molar-refractivity contribution < 1.29 is 9.90 Å². The summed E-state index contributed by atoms with van der Waals surface area (Å²) in [4.78, 5) is 14.1. The van der Waals surface area contributed by atoms with Crippen molar-refractivity contribution in [3.05, 3.63) is 35.9 Å². The molecular weight excluding hydrogens is 240 g/mol. The summed E-state index contributed by atoms with van der Waals surface area (Å²) in [7, 11) is 1.72. The molecule has 4 heteroatoms. The molecule has 0 heterocycles. The topological polar surface area (TPSA) is 52.6 Å². The number of benzene rings is 1. The second-order valence-electron chi connectivity index (χ2n) is 5.12. The fourth-order valence-electron chi connectivity index (χ4n) is 2.58. The Balaban J connectivity index is 2.31. The van der Waals surface area contributed by atoms with Crippen molar-refractivity contribution in [2.45, 2.75) is 31.3 Å². The Morgan fingerprint density at radius 3 is 2.47 bits per heavy atom. The molecule has 2 N–H and O–H groups in total. The van der Waals surface area contributed by atoms with Crippen molar-refractivity contribution in [1.29, 1.82) is 0 Å². The highest BCUT2D eigenvalue weighted by molar-refractivity contribution is 5.81. The van der Waals surface area contributed by atoms with Crippen LogP contribution >= 0.6 is 0 Å². The minimum Gasteiger partial charge on any atom is -0.480 e. The van der Waals surface area contributed by atoms with Gasteiger partial charge in [-0.2, -0.15) is 0 Å². The average Bonchev–Trinajstić information content (AvgIpc) is 3.26. The lowest BCUT2D eigenvalue weighted by Crippen LogP contribution is -2.55. The van der Waals surface area contributed by atoms with E-state index in [1.54, 1.807) is 7.05 Å². The molecule has 0 spiro atoms. The van der Waals surface area contributed by atoms with Crippen molar-refractivity contribution in [1.82, 2.24) is 10.2 Å². The van der Waals surface area contributed by atoms with Gasteiger partial charge in [-0.3, -0.25) is 4.90 Å². The van der Waals surface area contributed by atoms with Crippen LogP contribution in [0.1, 0.15) is 25.3 Å². The van der Waals surface area contributed by atoms with Crippen LogP contribution in [-0.2, 0) is 10.3 Å². The average molecular weight is 262 g/mol. The maximum Gasteiger partial charge on any atom is 0.329 e. The van der Waals surface area contributed by atoms with Crippen LogP contribution in [0.25, 0.3) is 0 Å². The van der Waals surface area contributed by atoms with Gasteiger partial charge in [-0.15, -0.1) is 0 Å². The van der Waals surface area contributed by atoms with E-state index in [0.717, 1.165) is 12.1 Å². The first kappa shape index (κ1) is 14.0. The second-order valence-corrected chi connectivity index (χ2v) is 5.12. The van der Waals surface area contributed by atoms with E-state index in [0.29, 0.717) is 12.6 Å². The summed E-state index contributed by atoms with van der Waals surface area (Å²) >= 11 is 0. The summed E-state index contributed by atoms with van der Waals surface area (Å²) in [5, 5.41) is 12.8. The summed E-state index contributed by atoms with van der Waals surface area (Å²) in [6, 6.07) is 10.00. The Hall–Kier alpha value is -1.39. The van der Waals surface area contributed by atoms with E-state index in [-0.39, 0.29) is 0 Å². The molecule has 2 rings (SSSR count). The molecule has 4 nitrogen and oxygen atoms in total. The summed E-state index contributed by atoms with van der Waals surface area (Å²) < 4.78 is 0. The predicted molar refractivity (Wildman–Crippen MR) is 75.1 cm³/mol. The number of hydrogen-bond donors (Lipinski definition) is 2. The first-order valence-electron chi connectivity index (χ1n) is 6.86. The molecule has 1 aliphatic rings. The second kappa shape index (κ2) is 5.72. The lowest BCUT2D eigenvalue weighted by molar-refractivity contribution is -0.146. The highest BCUT2D eigenvalue weighted by Crippen LogP contribution is 2.31. The van der Waals surface area contributed by atoms with Crippen LogP contribution < -0.4 is 5.32 Å². The number of likely N-dealkylation sites (N-methyl/N-ethyl adjacent to an activating group) is 2. The van der Waals surface area contributed by atoms with Crippen LogP contribution in [0, 0.1) is 0 Å². The molecule has 0 saturated heterocycles. The molecule has 1 fully saturated rings. The van der Waals surface area contributed by atoms with Gasteiger partial charge in [0.25, 0.3) is 0 Å². The SMILES string of the molecule is CCN(CC(NC)(C(=O)O)c1ccccc1)C1CC1. The molecule has 1 aromatic carbocycles. The third-order valence-electron chi connectivity index (χ3n) is 3.97. The number of rotatable bonds is 7. The number of hydrogen-bond acceptors (Lipinski definition) is 3. The molecule has 0 bridgehead atoms. The fraction of sp³-hybridized carbons (Fsp3) is 0.533. The Labute approximate surface area is 114 Å². The van der Waals surface area contributed by atoms with Crippen LogP contribution in [0.5, 0.6) is 0 Å². The highest BCUT2D eigenvalue weighted by atomic mass is 16.4. The minimum absolute atomic E-state index is 0.504. The molecule has 0 aromatic heterocycles. The zero-order valence-corrected chi connectivity index (χ0v) is 11.6. The number of nitrogens with zero attached hydrogens (tertiary/aromatic N) is 1. The molecule has 1 aliphatic carbocycles. The molecule has 1 atom stereocenters. The number of aliphatic carboxylic acids is 1. The number of carboxylic acid groups (broad SMARTS) is 1. The van der Waals surface area contributed by atoms with Crippen molar-refractivity contribution in [2.75, 3.05) is 20.1 Å². The van der Waals surface area contributed by atoms with Gasteiger partial charge in [-0.1, -0.05) is 37.3 Å². The number of carbonyl (C=O) groups is 1. The van der Waals surface area contributed by atoms with E-state index >= 15 is 0 Å². The maximum absolute atomic E-state index is 11.9. The number of carboxylic acids is 1. The smallest absolute Gasteiger partial charge is 0.329 e. The van der Waals surface area contributed by atoms with Crippen molar-refractivity contribution in [3.63, 3.8) is 0 Å². The van der Waals surface area contributed by atoms with E-state index < -0.39 is 11.5 Å². The quantitative estimate of drug-likeness (QED) is 0.785. The molecule has 1 unspecified atom stereocenters. The van der Waals surface area contributed by atoms with E-state index in [1.165, 1.54) is 12.8 Å². The van der Waals surface area contributed by atoms with Gasteiger partial charge in [0.1, 0.15) is 0 Å². The van der Waals surface area contributed by atoms with Gasteiger partial charge in [-0.05, 0) is 32.0 Å². The monoisotopic (exact) mass is 262 g/mol. The lowest BCUT2D eigenvalue weighted by Gasteiger charge is -2.35. The lowest BCUT2D eigenvalue weighted by atomic mass is 9.89. The normalized spacial score (nSPS) is 18.3. The van der Waals surface area contributed by atoms with Crippen molar-refractivity contribution >= 4 is 5.97 Å². The predicted octanol–water partition coefficient (Wildman–Crippen LogP) is 1.67. The van der Waals surface area contributed by atoms with Gasteiger partial charge in [0.2, 0.25) is 0 Å². The molecule has 1 aromatic rings. The van der Waals surface area contributed by atoms with Crippen LogP contribution in [0.3, 0.4) is 0 Å². The first-order chi connectivity index (χ1) is 9.14. The Bertz CT molecular complexity index is 431. The van der Waals surface area contributed by atoms with Gasteiger partial charge < -0.3 is 10.4 Å². The van der Waals surface area contributed by atoms with E-state index in [2.05, 4.69) is 17.1 Å². The van der Waals surface area contributed by atoms with Crippen LogP contribution in [0.4, 0.5) is 0 Å². The standard InChI is InChI=1S/C15H22N2O2/c1-3-17(13-9-10-13)11-15(16-2,14(18)19)12-7-5-4-6-8-12/h4-8,13,16H,3,9-11H2,1-2H3,(H,18,19). The van der Waals surface area contributed by atoms with Crippen molar-refractivity contribution in [2.24, 2.45) is 0 Å². The first-order valence-corrected chi connectivity index (χ1v) is 6.86. The minimum atomic E-state index is -1.03. The van der Waals surface area contributed by atoms with Crippen LogP contribution in [-0.4, -0.2) is 42.2 Å². The Kier molecular flexibility index (Phi) is 4.22. The van der Waals surface area contributed by atoms with Crippen LogP contribution in [0.2, 0.25) is 0 Å². The Morgan fingerprint density at radius 1 is 1.42 bits per heavy atom. The van der Waals surface area contributed by atoms with Gasteiger partial charge in [0.15, 0.2) is 5.54 Å². The van der Waals surface area contributed by atoms with E-state index in [4.69, 9.17) is 0 Å². The highest BCUT2D eigenvalue weighted by Gasteiger charge is 2.43. The third-order valence-corrected chi connectivity index (χ3v) is 3.97. The van der Waals surface area contributed by atoms with E-state index in [9.17, 15) is 9.90 Å². The zero-order valence-electron chi connectivity index (χ0n) is 11.6. The van der Waals surface area contributed by atoms with Crippen molar-refractivity contribution in [3.8, 4) is 0 Å². The maximum atomic E-state index is 11.9. The van der Waals surface area contributed by atoms with Gasteiger partial charge in [0.05, 0.1) is 0 Å². The summed E-state index contributed by atoms with van der Waals surface area (Å²) in [5.41, 5.74) is -0.219. The number of nitrogens with one attached hydrogen (secondary N) is 1. The van der Waals surface area contributed by atoms with E-state index in [1.807, 2.05) is 30.3 Å². The van der Waals surface area contributed by atoms with Crippen LogP contribution in [0.15, 0.2) is 30.3 Å². The van der Waals surface area contributed by atoms with Gasteiger partial charge in [-0.25, -0.2) is 4.79 Å². The zero-order chi connectivity index (χ0) is 13.9. The third kappa shape index (κ3) is 2.80. The molecule has 0 aliphatic heterocycles. The molecule has 0 radical (unpaired) electrons. The summed E-state index contributed by atoms with van der Waals surface area (Å²) in [6.07, 6.45) is 2.37.